The second-order valence-corrected chi connectivity index (χ2v) is 3.93. The SMILES string of the molecule is CNCC(C)(C)CN(C)C. The second-order valence-electron chi connectivity index (χ2n) is 3.93. The van der Waals surface area contributed by atoms with Crippen LogP contribution < -0.4 is 5.32 Å². The number of nitrogens with one attached hydrogen (secondary N) is 1. The molecule has 2 nitrogen and oxygen atoms in total. The van der Waals surface area contributed by atoms with Gasteiger partial charge in [-0.2, -0.15) is 0 Å². The average molecular weight is 144 g/mol. The third kappa shape index (κ3) is 4.77. The van der Waals surface area contributed by atoms with Gasteiger partial charge in [0.2, 0.25) is 0 Å². The van der Waals surface area contributed by atoms with Crippen molar-refractivity contribution in [2.45, 2.75) is 13.8 Å². The normalized spacial score (nSPS) is 12.6. The van der Waals surface area contributed by atoms with Gasteiger partial charge < -0.3 is 10.2 Å². The minimum Gasteiger partial charge on any atom is -0.319 e. The first-order chi connectivity index (χ1) is 4.48. The van der Waals surface area contributed by atoms with Crippen LogP contribution in [0.3, 0.4) is 0 Å². The molecule has 10 heavy (non-hydrogen) atoms. The summed E-state index contributed by atoms with van der Waals surface area (Å²) in [5.41, 5.74) is 0.387. The van der Waals surface area contributed by atoms with E-state index < -0.39 is 0 Å². The number of nitrogens with zero attached hydrogens (tertiary/aromatic N) is 1. The van der Waals surface area contributed by atoms with Crippen LogP contribution in [0.1, 0.15) is 13.8 Å². The molecule has 1 N–H and O–H groups in total. The molecule has 0 aromatic rings. The van der Waals surface area contributed by atoms with Crippen molar-refractivity contribution in [3.63, 3.8) is 0 Å². The molecule has 0 amide bonds. The predicted octanol–water partition coefficient (Wildman–Crippen LogP) is 0.794. The van der Waals surface area contributed by atoms with Crippen molar-refractivity contribution in [3.8, 4) is 0 Å². The molecule has 0 fully saturated rings. The summed E-state index contributed by atoms with van der Waals surface area (Å²) >= 11 is 0. The Balaban J connectivity index is 3.63. The van der Waals surface area contributed by atoms with Crippen LogP contribution in [0.2, 0.25) is 0 Å². The van der Waals surface area contributed by atoms with Crippen molar-refractivity contribution in [2.24, 2.45) is 5.41 Å². The van der Waals surface area contributed by atoms with Crippen LogP contribution in [0.5, 0.6) is 0 Å². The van der Waals surface area contributed by atoms with E-state index in [-0.39, 0.29) is 0 Å². The van der Waals surface area contributed by atoms with E-state index in [0.29, 0.717) is 5.41 Å². The van der Waals surface area contributed by atoms with Gasteiger partial charge in [-0.15, -0.1) is 0 Å². The van der Waals surface area contributed by atoms with Crippen LogP contribution in [0.15, 0.2) is 0 Å². The van der Waals surface area contributed by atoms with E-state index in [1.807, 2.05) is 7.05 Å². The molecule has 0 heterocycles. The minimum absolute atomic E-state index is 0.387. The van der Waals surface area contributed by atoms with Gasteiger partial charge in [0.25, 0.3) is 0 Å². The van der Waals surface area contributed by atoms with E-state index in [9.17, 15) is 0 Å². The topological polar surface area (TPSA) is 15.3 Å². The molecule has 0 aromatic heterocycles. The van der Waals surface area contributed by atoms with Gasteiger partial charge in [0.1, 0.15) is 0 Å². The predicted molar refractivity (Wildman–Crippen MR) is 46.3 cm³/mol. The highest BCUT2D eigenvalue weighted by atomic mass is 15.1. The Morgan fingerprint density at radius 2 is 1.80 bits per heavy atom. The molecule has 0 aliphatic carbocycles. The lowest BCUT2D eigenvalue weighted by Gasteiger charge is -2.27. The number of rotatable bonds is 4. The molecule has 0 unspecified atom stereocenters. The average Bonchev–Trinajstić information content (AvgIpc) is 1.59. The highest BCUT2D eigenvalue weighted by Gasteiger charge is 2.16. The van der Waals surface area contributed by atoms with Gasteiger partial charge in [0, 0.05) is 13.1 Å². The van der Waals surface area contributed by atoms with E-state index >= 15 is 0 Å². The van der Waals surface area contributed by atoms with E-state index in [2.05, 4.69) is 38.2 Å². The molecule has 0 saturated carbocycles. The first-order valence-corrected chi connectivity index (χ1v) is 3.77. The first-order valence-electron chi connectivity index (χ1n) is 3.77. The Bertz CT molecular complexity index is 87.3. The lowest BCUT2D eigenvalue weighted by molar-refractivity contribution is 0.237. The Kier molecular flexibility index (Phi) is 3.91. The van der Waals surface area contributed by atoms with Gasteiger partial charge in [0.05, 0.1) is 0 Å². The molecular weight excluding hydrogens is 124 g/mol. The number of hydrogen-bond acceptors (Lipinski definition) is 2. The molecule has 0 bridgehead atoms. The molecule has 0 saturated heterocycles. The molecule has 0 aliphatic rings. The lowest BCUT2D eigenvalue weighted by Crippen LogP contribution is -2.36. The molecule has 2 heteroatoms. The largest absolute Gasteiger partial charge is 0.319 e. The van der Waals surface area contributed by atoms with Crippen LogP contribution in [0.25, 0.3) is 0 Å². The summed E-state index contributed by atoms with van der Waals surface area (Å²) in [5, 5.41) is 3.19. The second kappa shape index (κ2) is 3.94. The summed E-state index contributed by atoms with van der Waals surface area (Å²) in [4.78, 5) is 2.22. The molecule has 0 spiro atoms. The van der Waals surface area contributed by atoms with Crippen molar-refractivity contribution in [1.29, 1.82) is 0 Å². The van der Waals surface area contributed by atoms with Crippen molar-refractivity contribution in [2.75, 3.05) is 34.2 Å². The standard InChI is InChI=1S/C8H20N2/c1-8(2,6-9-3)7-10(4)5/h9H,6-7H2,1-5H3. The van der Waals surface area contributed by atoms with Gasteiger partial charge in [0.15, 0.2) is 0 Å². The molecule has 0 aromatic carbocycles. The van der Waals surface area contributed by atoms with E-state index in [1.54, 1.807) is 0 Å². The Morgan fingerprint density at radius 3 is 2.10 bits per heavy atom. The first kappa shape index (κ1) is 9.92. The quantitative estimate of drug-likeness (QED) is 0.627. The minimum atomic E-state index is 0.387. The van der Waals surface area contributed by atoms with Crippen LogP contribution in [0, 0.1) is 5.41 Å². The van der Waals surface area contributed by atoms with Crippen LogP contribution >= 0.6 is 0 Å². The monoisotopic (exact) mass is 144 g/mol. The van der Waals surface area contributed by atoms with Gasteiger partial charge in [-0.1, -0.05) is 13.8 Å². The molecule has 0 rings (SSSR count). The summed E-state index contributed by atoms with van der Waals surface area (Å²) < 4.78 is 0. The van der Waals surface area contributed by atoms with E-state index in [4.69, 9.17) is 0 Å². The maximum atomic E-state index is 3.19. The molecular formula is C8H20N2. The summed E-state index contributed by atoms with van der Waals surface area (Å²) in [6.45, 7) is 6.74. The smallest absolute Gasteiger partial charge is 0.00387 e. The summed E-state index contributed by atoms with van der Waals surface area (Å²) in [6, 6.07) is 0. The van der Waals surface area contributed by atoms with Gasteiger partial charge in [-0.05, 0) is 26.6 Å². The van der Waals surface area contributed by atoms with Gasteiger partial charge in [-0.25, -0.2) is 0 Å². The number of hydrogen-bond donors (Lipinski definition) is 1. The molecule has 0 radical (unpaired) electrons. The fourth-order valence-corrected chi connectivity index (χ4v) is 1.39. The fourth-order valence-electron chi connectivity index (χ4n) is 1.39. The van der Waals surface area contributed by atoms with Gasteiger partial charge >= 0.3 is 0 Å². The maximum absolute atomic E-state index is 3.19. The fraction of sp³-hybridized carbons (Fsp3) is 1.00. The van der Waals surface area contributed by atoms with Crippen molar-refractivity contribution in [3.05, 3.63) is 0 Å². The highest BCUT2D eigenvalue weighted by molar-refractivity contribution is 4.72. The van der Waals surface area contributed by atoms with Crippen molar-refractivity contribution >= 4 is 0 Å². The van der Waals surface area contributed by atoms with E-state index in [1.165, 1.54) is 0 Å². The summed E-state index contributed by atoms with van der Waals surface area (Å²) in [7, 11) is 6.21. The molecule has 0 aliphatic heterocycles. The Hall–Kier alpha value is -0.0800. The van der Waals surface area contributed by atoms with Crippen LogP contribution in [-0.2, 0) is 0 Å². The van der Waals surface area contributed by atoms with Crippen molar-refractivity contribution < 1.29 is 0 Å². The molecule has 62 valence electrons. The zero-order valence-corrected chi connectivity index (χ0v) is 7.86. The third-order valence-electron chi connectivity index (χ3n) is 1.40. The van der Waals surface area contributed by atoms with Crippen LogP contribution in [0.4, 0.5) is 0 Å². The summed E-state index contributed by atoms with van der Waals surface area (Å²) in [5.74, 6) is 0. The van der Waals surface area contributed by atoms with Crippen LogP contribution in [-0.4, -0.2) is 39.1 Å². The Labute approximate surface area is 64.6 Å². The zero-order valence-electron chi connectivity index (χ0n) is 7.86. The summed E-state index contributed by atoms with van der Waals surface area (Å²) in [6.07, 6.45) is 0. The Morgan fingerprint density at radius 1 is 1.30 bits per heavy atom. The molecule has 0 atom stereocenters. The third-order valence-corrected chi connectivity index (χ3v) is 1.40. The highest BCUT2D eigenvalue weighted by Crippen LogP contribution is 2.13. The zero-order chi connectivity index (χ0) is 8.20. The van der Waals surface area contributed by atoms with E-state index in [0.717, 1.165) is 13.1 Å². The maximum Gasteiger partial charge on any atom is 0.00387 e. The van der Waals surface area contributed by atoms with Crippen molar-refractivity contribution in [1.82, 2.24) is 10.2 Å². The van der Waals surface area contributed by atoms with Gasteiger partial charge in [-0.3, -0.25) is 0 Å². The lowest BCUT2D eigenvalue weighted by atomic mass is 9.93.